The molecule has 0 aromatic carbocycles. The lowest BCUT2D eigenvalue weighted by atomic mass is 10.2. The summed E-state index contributed by atoms with van der Waals surface area (Å²) < 4.78 is 1.72. The molecule has 0 aliphatic heterocycles. The van der Waals surface area contributed by atoms with Crippen molar-refractivity contribution in [2.24, 2.45) is 7.05 Å². The van der Waals surface area contributed by atoms with Crippen LogP contribution in [-0.2, 0) is 7.05 Å². The van der Waals surface area contributed by atoms with E-state index in [2.05, 4.69) is 12.0 Å². The van der Waals surface area contributed by atoms with E-state index >= 15 is 0 Å². The van der Waals surface area contributed by atoms with E-state index in [0.29, 0.717) is 5.56 Å². The maximum atomic E-state index is 12.0. The molecule has 0 radical (unpaired) electrons. The van der Waals surface area contributed by atoms with E-state index in [1.807, 2.05) is 21.0 Å². The molecule has 0 N–H and O–H groups in total. The van der Waals surface area contributed by atoms with Gasteiger partial charge in [-0.1, -0.05) is 13.3 Å². The van der Waals surface area contributed by atoms with Crippen molar-refractivity contribution in [2.75, 3.05) is 13.6 Å². The molecule has 1 amide bonds. The normalized spacial score (nSPS) is 10.4. The lowest BCUT2D eigenvalue weighted by molar-refractivity contribution is 0.0792. The van der Waals surface area contributed by atoms with Gasteiger partial charge in [0.05, 0.1) is 11.8 Å². The topological polar surface area (TPSA) is 38.1 Å². The van der Waals surface area contributed by atoms with Crippen LogP contribution in [0.5, 0.6) is 0 Å². The highest BCUT2D eigenvalue weighted by atomic mass is 16.2. The van der Waals surface area contributed by atoms with Gasteiger partial charge in [0.25, 0.3) is 5.91 Å². The SMILES string of the molecule is CCCCN(C)C(=O)c1cnn(C)c1C. The van der Waals surface area contributed by atoms with Gasteiger partial charge in [0.2, 0.25) is 0 Å². The Balaban J connectivity index is 2.72. The molecule has 0 saturated carbocycles. The van der Waals surface area contributed by atoms with Crippen LogP contribution in [0.15, 0.2) is 6.20 Å². The summed E-state index contributed by atoms with van der Waals surface area (Å²) in [5.41, 5.74) is 1.62. The Morgan fingerprint density at radius 1 is 1.60 bits per heavy atom. The minimum absolute atomic E-state index is 0.0639. The second-order valence-corrected chi connectivity index (χ2v) is 3.85. The molecular weight excluding hydrogens is 190 g/mol. The summed E-state index contributed by atoms with van der Waals surface area (Å²) in [6.45, 7) is 4.84. The van der Waals surface area contributed by atoms with Crippen LogP contribution in [-0.4, -0.2) is 34.2 Å². The zero-order valence-electron chi connectivity index (χ0n) is 9.95. The van der Waals surface area contributed by atoms with Crippen LogP contribution >= 0.6 is 0 Å². The summed E-state index contributed by atoms with van der Waals surface area (Å²) in [5.74, 6) is 0.0639. The predicted molar refractivity (Wildman–Crippen MR) is 59.8 cm³/mol. The lowest BCUT2D eigenvalue weighted by Gasteiger charge is -2.16. The third-order valence-electron chi connectivity index (χ3n) is 2.66. The van der Waals surface area contributed by atoms with Crippen LogP contribution in [0, 0.1) is 6.92 Å². The molecule has 0 spiro atoms. The third kappa shape index (κ3) is 2.58. The Morgan fingerprint density at radius 2 is 2.27 bits per heavy atom. The van der Waals surface area contributed by atoms with Gasteiger partial charge in [-0.3, -0.25) is 9.48 Å². The van der Waals surface area contributed by atoms with Gasteiger partial charge >= 0.3 is 0 Å². The van der Waals surface area contributed by atoms with Crippen molar-refractivity contribution in [3.05, 3.63) is 17.5 Å². The van der Waals surface area contributed by atoms with Crippen molar-refractivity contribution in [1.29, 1.82) is 0 Å². The average Bonchev–Trinajstić information content (AvgIpc) is 2.55. The Hall–Kier alpha value is -1.32. The number of unbranched alkanes of at least 4 members (excludes halogenated alkanes) is 1. The van der Waals surface area contributed by atoms with Gasteiger partial charge in [0, 0.05) is 26.3 Å². The Bertz CT molecular complexity index is 344. The van der Waals surface area contributed by atoms with E-state index in [0.717, 1.165) is 25.1 Å². The lowest BCUT2D eigenvalue weighted by Crippen LogP contribution is -2.28. The number of carbonyl (C=O) groups excluding carboxylic acids is 1. The van der Waals surface area contributed by atoms with E-state index in [9.17, 15) is 4.79 Å². The average molecular weight is 209 g/mol. The van der Waals surface area contributed by atoms with E-state index in [1.165, 1.54) is 0 Å². The molecule has 0 atom stereocenters. The van der Waals surface area contributed by atoms with Gasteiger partial charge in [0.1, 0.15) is 0 Å². The molecule has 0 bridgehead atoms. The number of carbonyl (C=O) groups is 1. The zero-order chi connectivity index (χ0) is 11.4. The fourth-order valence-corrected chi connectivity index (χ4v) is 1.41. The first-order chi connectivity index (χ1) is 7.07. The zero-order valence-corrected chi connectivity index (χ0v) is 9.95. The molecule has 1 rings (SSSR count). The Morgan fingerprint density at radius 3 is 2.73 bits per heavy atom. The van der Waals surface area contributed by atoms with Crippen molar-refractivity contribution in [3.8, 4) is 0 Å². The summed E-state index contributed by atoms with van der Waals surface area (Å²) in [6.07, 6.45) is 3.78. The van der Waals surface area contributed by atoms with Crippen LogP contribution in [0.3, 0.4) is 0 Å². The van der Waals surface area contributed by atoms with Gasteiger partial charge < -0.3 is 4.90 Å². The van der Waals surface area contributed by atoms with Crippen LogP contribution in [0.25, 0.3) is 0 Å². The number of aryl methyl sites for hydroxylation is 1. The van der Waals surface area contributed by atoms with E-state index in [4.69, 9.17) is 0 Å². The maximum Gasteiger partial charge on any atom is 0.257 e. The summed E-state index contributed by atoms with van der Waals surface area (Å²) in [7, 11) is 3.68. The molecule has 4 heteroatoms. The fraction of sp³-hybridized carbons (Fsp3) is 0.636. The molecule has 15 heavy (non-hydrogen) atoms. The Kier molecular flexibility index (Phi) is 3.88. The largest absolute Gasteiger partial charge is 0.342 e. The van der Waals surface area contributed by atoms with Crippen LogP contribution in [0.2, 0.25) is 0 Å². The highest BCUT2D eigenvalue weighted by Gasteiger charge is 2.16. The maximum absolute atomic E-state index is 12.0. The first kappa shape index (κ1) is 11.8. The molecule has 1 aromatic heterocycles. The molecule has 0 aliphatic carbocycles. The molecular formula is C11H19N3O. The van der Waals surface area contributed by atoms with Crippen molar-refractivity contribution >= 4 is 5.91 Å². The van der Waals surface area contributed by atoms with Crippen LogP contribution < -0.4 is 0 Å². The first-order valence-electron chi connectivity index (χ1n) is 5.32. The molecule has 0 fully saturated rings. The predicted octanol–water partition coefficient (Wildman–Crippen LogP) is 1.60. The number of nitrogens with zero attached hydrogens (tertiary/aromatic N) is 3. The molecule has 1 heterocycles. The number of hydrogen-bond donors (Lipinski definition) is 0. The third-order valence-corrected chi connectivity index (χ3v) is 2.66. The number of amides is 1. The van der Waals surface area contributed by atoms with Gasteiger partial charge in [0.15, 0.2) is 0 Å². The van der Waals surface area contributed by atoms with E-state index < -0.39 is 0 Å². The second-order valence-electron chi connectivity index (χ2n) is 3.85. The summed E-state index contributed by atoms with van der Waals surface area (Å²) in [6, 6.07) is 0. The molecule has 0 unspecified atom stereocenters. The molecule has 0 saturated heterocycles. The molecule has 84 valence electrons. The van der Waals surface area contributed by atoms with Crippen molar-refractivity contribution < 1.29 is 4.79 Å². The standard InChI is InChI=1S/C11H19N3O/c1-5-6-7-13(3)11(15)10-8-12-14(4)9(10)2/h8H,5-7H2,1-4H3. The smallest absolute Gasteiger partial charge is 0.257 e. The highest BCUT2D eigenvalue weighted by molar-refractivity contribution is 5.94. The molecule has 1 aromatic rings. The Labute approximate surface area is 90.9 Å². The minimum atomic E-state index is 0.0639. The van der Waals surface area contributed by atoms with Gasteiger partial charge in [-0.15, -0.1) is 0 Å². The van der Waals surface area contributed by atoms with E-state index in [1.54, 1.807) is 15.8 Å². The summed E-state index contributed by atoms with van der Waals surface area (Å²) >= 11 is 0. The van der Waals surface area contributed by atoms with Crippen LogP contribution in [0.1, 0.15) is 35.8 Å². The molecule has 0 aliphatic rings. The fourth-order valence-electron chi connectivity index (χ4n) is 1.41. The van der Waals surface area contributed by atoms with Gasteiger partial charge in [-0.2, -0.15) is 5.10 Å². The number of aromatic nitrogens is 2. The van der Waals surface area contributed by atoms with Crippen molar-refractivity contribution in [3.63, 3.8) is 0 Å². The quantitative estimate of drug-likeness (QED) is 0.755. The highest BCUT2D eigenvalue weighted by Crippen LogP contribution is 2.09. The number of rotatable bonds is 4. The minimum Gasteiger partial charge on any atom is -0.342 e. The van der Waals surface area contributed by atoms with E-state index in [-0.39, 0.29) is 5.91 Å². The van der Waals surface area contributed by atoms with Crippen molar-refractivity contribution in [2.45, 2.75) is 26.7 Å². The first-order valence-corrected chi connectivity index (χ1v) is 5.32. The van der Waals surface area contributed by atoms with Crippen molar-refractivity contribution in [1.82, 2.24) is 14.7 Å². The monoisotopic (exact) mass is 209 g/mol. The van der Waals surface area contributed by atoms with Gasteiger partial charge in [-0.25, -0.2) is 0 Å². The second kappa shape index (κ2) is 4.96. The number of hydrogen-bond acceptors (Lipinski definition) is 2. The van der Waals surface area contributed by atoms with Crippen LogP contribution in [0.4, 0.5) is 0 Å². The summed E-state index contributed by atoms with van der Waals surface area (Å²) in [5, 5.41) is 4.07. The summed E-state index contributed by atoms with van der Waals surface area (Å²) in [4.78, 5) is 13.7. The molecule has 4 nitrogen and oxygen atoms in total. The van der Waals surface area contributed by atoms with Gasteiger partial charge in [-0.05, 0) is 13.3 Å².